The molecule has 0 amide bonds. The van der Waals surface area contributed by atoms with E-state index in [2.05, 4.69) is 4.98 Å². The van der Waals surface area contributed by atoms with Crippen molar-refractivity contribution in [1.82, 2.24) is 4.98 Å². The largest absolute Gasteiger partial charge is 0.393 e. The van der Waals surface area contributed by atoms with E-state index in [0.29, 0.717) is 18.9 Å². The number of nitro groups is 1. The van der Waals surface area contributed by atoms with Crippen LogP contribution in [-0.4, -0.2) is 34.2 Å². The fraction of sp³-hybridized carbons (Fsp3) is 0.545. The number of pyridine rings is 1. The second-order valence-corrected chi connectivity index (χ2v) is 4.57. The number of nitrogens with zero attached hydrogens (tertiary/aromatic N) is 3. The molecule has 2 unspecified atom stereocenters. The SMILES string of the molecule is CC(O)C1CCN(c2nc(N)ccc2[N+](=O)[O-])C1. The molecule has 1 saturated heterocycles. The summed E-state index contributed by atoms with van der Waals surface area (Å²) in [5, 5.41) is 20.5. The molecule has 7 heteroatoms. The molecule has 7 nitrogen and oxygen atoms in total. The van der Waals surface area contributed by atoms with E-state index in [0.717, 1.165) is 6.42 Å². The van der Waals surface area contributed by atoms with E-state index in [1.807, 2.05) is 4.90 Å². The first-order valence-electron chi connectivity index (χ1n) is 5.83. The van der Waals surface area contributed by atoms with Gasteiger partial charge in [-0.2, -0.15) is 0 Å². The van der Waals surface area contributed by atoms with Gasteiger partial charge in [0.1, 0.15) is 5.82 Å². The van der Waals surface area contributed by atoms with E-state index in [1.54, 1.807) is 6.92 Å². The Labute approximate surface area is 104 Å². The molecule has 0 radical (unpaired) electrons. The Balaban J connectivity index is 2.28. The van der Waals surface area contributed by atoms with Gasteiger partial charge in [-0.1, -0.05) is 0 Å². The van der Waals surface area contributed by atoms with Crippen molar-refractivity contribution in [3.05, 3.63) is 22.2 Å². The quantitative estimate of drug-likeness (QED) is 0.608. The lowest BCUT2D eigenvalue weighted by Gasteiger charge is -2.18. The van der Waals surface area contributed by atoms with Crippen LogP contribution in [-0.2, 0) is 0 Å². The predicted molar refractivity (Wildman–Crippen MR) is 67.3 cm³/mol. The molecule has 98 valence electrons. The predicted octanol–water partition coefficient (Wildman–Crippen LogP) is 0.779. The van der Waals surface area contributed by atoms with Crippen molar-refractivity contribution in [3.8, 4) is 0 Å². The van der Waals surface area contributed by atoms with Crippen LogP contribution in [0.15, 0.2) is 12.1 Å². The fourth-order valence-electron chi connectivity index (χ4n) is 2.20. The lowest BCUT2D eigenvalue weighted by Crippen LogP contribution is -2.25. The Morgan fingerprint density at radius 2 is 2.39 bits per heavy atom. The van der Waals surface area contributed by atoms with Gasteiger partial charge in [0.05, 0.1) is 11.0 Å². The number of anilines is 2. The monoisotopic (exact) mass is 252 g/mol. The molecule has 0 bridgehead atoms. The number of rotatable bonds is 3. The molecule has 2 rings (SSSR count). The first-order valence-corrected chi connectivity index (χ1v) is 5.83. The van der Waals surface area contributed by atoms with Gasteiger partial charge in [0.25, 0.3) is 0 Å². The van der Waals surface area contributed by atoms with Crippen molar-refractivity contribution in [2.75, 3.05) is 23.7 Å². The molecule has 0 saturated carbocycles. The van der Waals surface area contributed by atoms with Gasteiger partial charge in [-0.25, -0.2) is 4.98 Å². The first-order chi connectivity index (χ1) is 8.49. The average molecular weight is 252 g/mol. The molecule has 2 atom stereocenters. The maximum absolute atomic E-state index is 11.0. The van der Waals surface area contributed by atoms with Crippen LogP contribution in [0.2, 0.25) is 0 Å². The number of hydrogen-bond donors (Lipinski definition) is 2. The zero-order valence-electron chi connectivity index (χ0n) is 10.1. The van der Waals surface area contributed by atoms with Gasteiger partial charge in [0.2, 0.25) is 5.82 Å². The van der Waals surface area contributed by atoms with Crippen molar-refractivity contribution in [2.24, 2.45) is 5.92 Å². The summed E-state index contributed by atoms with van der Waals surface area (Å²) in [6.07, 6.45) is 0.376. The van der Waals surface area contributed by atoms with Gasteiger partial charge in [-0.05, 0) is 19.4 Å². The summed E-state index contributed by atoms with van der Waals surface area (Å²) >= 11 is 0. The topological polar surface area (TPSA) is 106 Å². The third kappa shape index (κ3) is 2.35. The van der Waals surface area contributed by atoms with E-state index >= 15 is 0 Å². The minimum Gasteiger partial charge on any atom is -0.393 e. The molecule has 2 heterocycles. The molecule has 1 aromatic heterocycles. The average Bonchev–Trinajstić information content (AvgIpc) is 2.77. The molecule has 1 fully saturated rings. The Kier molecular flexibility index (Phi) is 3.33. The van der Waals surface area contributed by atoms with Crippen LogP contribution in [0.1, 0.15) is 13.3 Å². The Morgan fingerprint density at radius 1 is 1.67 bits per heavy atom. The molecular formula is C11H16N4O3. The number of hydrogen-bond acceptors (Lipinski definition) is 6. The smallest absolute Gasteiger partial charge is 0.311 e. The third-order valence-electron chi connectivity index (χ3n) is 3.28. The van der Waals surface area contributed by atoms with E-state index < -0.39 is 11.0 Å². The highest BCUT2D eigenvalue weighted by atomic mass is 16.6. The van der Waals surface area contributed by atoms with Crippen LogP contribution in [0.4, 0.5) is 17.3 Å². The van der Waals surface area contributed by atoms with E-state index in [4.69, 9.17) is 5.73 Å². The van der Waals surface area contributed by atoms with Crippen LogP contribution in [0.25, 0.3) is 0 Å². The molecular weight excluding hydrogens is 236 g/mol. The normalized spacial score (nSPS) is 21.0. The van der Waals surface area contributed by atoms with Crippen LogP contribution in [0.3, 0.4) is 0 Å². The summed E-state index contributed by atoms with van der Waals surface area (Å²) in [6.45, 7) is 2.94. The maximum atomic E-state index is 11.0. The molecule has 1 aromatic rings. The number of aromatic nitrogens is 1. The second kappa shape index (κ2) is 4.77. The Morgan fingerprint density at radius 3 is 2.94 bits per heavy atom. The lowest BCUT2D eigenvalue weighted by atomic mass is 10.0. The Bertz CT molecular complexity index is 464. The number of aliphatic hydroxyl groups is 1. The molecule has 0 aliphatic carbocycles. The summed E-state index contributed by atoms with van der Waals surface area (Å²) in [5.41, 5.74) is 5.53. The summed E-state index contributed by atoms with van der Waals surface area (Å²) in [4.78, 5) is 16.4. The van der Waals surface area contributed by atoms with Crippen molar-refractivity contribution in [2.45, 2.75) is 19.4 Å². The summed E-state index contributed by atoms with van der Waals surface area (Å²) in [7, 11) is 0. The standard InChI is InChI=1S/C11H16N4O3/c1-7(16)8-4-5-14(6-8)11-9(15(17)18)2-3-10(12)13-11/h2-3,7-8,16H,4-6H2,1H3,(H2,12,13). The number of nitrogen functional groups attached to an aromatic ring is 1. The van der Waals surface area contributed by atoms with Crippen molar-refractivity contribution >= 4 is 17.3 Å². The van der Waals surface area contributed by atoms with Crippen LogP contribution in [0.5, 0.6) is 0 Å². The molecule has 18 heavy (non-hydrogen) atoms. The van der Waals surface area contributed by atoms with Gasteiger partial charge >= 0.3 is 5.69 Å². The van der Waals surface area contributed by atoms with E-state index in [-0.39, 0.29) is 17.4 Å². The second-order valence-electron chi connectivity index (χ2n) is 4.57. The van der Waals surface area contributed by atoms with E-state index in [1.165, 1.54) is 12.1 Å². The highest BCUT2D eigenvalue weighted by Gasteiger charge is 2.31. The zero-order chi connectivity index (χ0) is 13.3. The lowest BCUT2D eigenvalue weighted by molar-refractivity contribution is -0.384. The van der Waals surface area contributed by atoms with E-state index in [9.17, 15) is 15.2 Å². The van der Waals surface area contributed by atoms with Crippen molar-refractivity contribution in [3.63, 3.8) is 0 Å². The van der Waals surface area contributed by atoms with Crippen LogP contribution >= 0.6 is 0 Å². The number of nitrogens with two attached hydrogens (primary N) is 1. The third-order valence-corrected chi connectivity index (χ3v) is 3.28. The first kappa shape index (κ1) is 12.6. The molecule has 3 N–H and O–H groups in total. The maximum Gasteiger partial charge on any atom is 0.311 e. The highest BCUT2D eigenvalue weighted by molar-refractivity contribution is 5.61. The number of aliphatic hydroxyl groups excluding tert-OH is 1. The van der Waals surface area contributed by atoms with Gasteiger partial charge in [-0.15, -0.1) is 0 Å². The highest BCUT2D eigenvalue weighted by Crippen LogP contribution is 2.31. The summed E-state index contributed by atoms with van der Waals surface area (Å²) in [6, 6.07) is 2.79. The molecule has 1 aliphatic heterocycles. The van der Waals surface area contributed by atoms with Crippen molar-refractivity contribution in [1.29, 1.82) is 0 Å². The fourth-order valence-corrected chi connectivity index (χ4v) is 2.20. The van der Waals surface area contributed by atoms with Crippen LogP contribution < -0.4 is 10.6 Å². The van der Waals surface area contributed by atoms with Crippen molar-refractivity contribution < 1.29 is 10.0 Å². The van der Waals surface area contributed by atoms with Gasteiger partial charge in [-0.3, -0.25) is 10.1 Å². The Hall–Kier alpha value is -1.89. The zero-order valence-corrected chi connectivity index (χ0v) is 10.1. The molecule has 0 aromatic carbocycles. The molecule has 0 spiro atoms. The van der Waals surface area contributed by atoms with Crippen LogP contribution in [0, 0.1) is 16.0 Å². The molecule has 1 aliphatic rings. The van der Waals surface area contributed by atoms with Gasteiger partial charge in [0, 0.05) is 25.1 Å². The minimum atomic E-state index is -0.461. The minimum absolute atomic E-state index is 0.0459. The summed E-state index contributed by atoms with van der Waals surface area (Å²) in [5.74, 6) is 0.673. The summed E-state index contributed by atoms with van der Waals surface area (Å²) < 4.78 is 0. The van der Waals surface area contributed by atoms with Gasteiger partial charge in [0.15, 0.2) is 0 Å². The van der Waals surface area contributed by atoms with Gasteiger partial charge < -0.3 is 15.7 Å².